The molecule has 0 spiro atoms. The average molecular weight is 564 g/mol. The molecule has 0 unspecified atom stereocenters. The Morgan fingerprint density at radius 3 is 1.32 bits per heavy atom. The van der Waals surface area contributed by atoms with Gasteiger partial charge in [-0.3, -0.25) is 4.57 Å². The van der Waals surface area contributed by atoms with Crippen LogP contribution in [0.15, 0.2) is 152 Å². The van der Waals surface area contributed by atoms with Gasteiger partial charge in [0.1, 0.15) is 0 Å². The molecule has 0 saturated heterocycles. The molecular formula is C39H25N5. The highest BCUT2D eigenvalue weighted by atomic mass is 15.2. The van der Waals surface area contributed by atoms with E-state index in [9.17, 15) is 0 Å². The molecule has 0 aliphatic heterocycles. The lowest BCUT2D eigenvalue weighted by molar-refractivity contribution is 0.954. The van der Waals surface area contributed by atoms with Crippen molar-refractivity contribution in [3.05, 3.63) is 152 Å². The van der Waals surface area contributed by atoms with E-state index in [0.29, 0.717) is 17.6 Å². The van der Waals surface area contributed by atoms with E-state index in [1.807, 2.05) is 60.7 Å². The zero-order chi connectivity index (χ0) is 29.0. The molecule has 0 aliphatic rings. The van der Waals surface area contributed by atoms with Gasteiger partial charge in [0.15, 0.2) is 11.6 Å². The summed E-state index contributed by atoms with van der Waals surface area (Å²) >= 11 is 0. The first-order valence-electron chi connectivity index (χ1n) is 14.7. The molecule has 5 nitrogen and oxygen atoms in total. The maximum atomic E-state index is 5.10. The summed E-state index contributed by atoms with van der Waals surface area (Å²) in [6.07, 6.45) is 0. The second-order valence-electron chi connectivity index (χ2n) is 10.9. The van der Waals surface area contributed by atoms with Crippen LogP contribution in [0.25, 0.3) is 78.0 Å². The summed E-state index contributed by atoms with van der Waals surface area (Å²) in [5.41, 5.74) is 7.48. The third-order valence-electron chi connectivity index (χ3n) is 8.37. The van der Waals surface area contributed by atoms with Crippen LogP contribution in [0.4, 0.5) is 0 Å². The molecular weight excluding hydrogens is 538 g/mol. The van der Waals surface area contributed by atoms with Crippen molar-refractivity contribution in [3.8, 4) is 34.4 Å². The Kier molecular flexibility index (Phi) is 5.43. The molecule has 0 atom stereocenters. The highest BCUT2D eigenvalue weighted by Crippen LogP contribution is 2.39. The Bertz CT molecular complexity index is 2420. The minimum absolute atomic E-state index is 0.593. The third kappa shape index (κ3) is 3.76. The lowest BCUT2D eigenvalue weighted by atomic mass is 10.1. The molecule has 5 heteroatoms. The number of hydrogen-bond acceptors (Lipinski definition) is 3. The summed E-state index contributed by atoms with van der Waals surface area (Å²) in [5, 5.41) is 4.69. The molecule has 0 N–H and O–H groups in total. The molecule has 0 amide bonds. The van der Waals surface area contributed by atoms with Crippen LogP contribution in [0.3, 0.4) is 0 Å². The first-order chi connectivity index (χ1) is 21.8. The summed E-state index contributed by atoms with van der Waals surface area (Å²) in [6.45, 7) is 0. The van der Waals surface area contributed by atoms with Crippen molar-refractivity contribution in [2.24, 2.45) is 0 Å². The molecule has 0 radical (unpaired) electrons. The molecule has 6 aromatic carbocycles. The Balaban J connectivity index is 1.40. The van der Waals surface area contributed by atoms with Gasteiger partial charge in [-0.1, -0.05) is 115 Å². The Hall–Kier alpha value is -6.07. The molecule has 0 bridgehead atoms. The number of fused-ring (bicyclic) bond motifs is 6. The van der Waals surface area contributed by atoms with Crippen molar-refractivity contribution in [1.82, 2.24) is 24.1 Å². The Morgan fingerprint density at radius 1 is 0.341 bits per heavy atom. The van der Waals surface area contributed by atoms with Crippen LogP contribution < -0.4 is 0 Å². The van der Waals surface area contributed by atoms with E-state index in [0.717, 1.165) is 38.6 Å². The number of nitrogens with zero attached hydrogens (tertiary/aromatic N) is 5. The van der Waals surface area contributed by atoms with Crippen LogP contribution in [-0.4, -0.2) is 24.1 Å². The van der Waals surface area contributed by atoms with Gasteiger partial charge >= 0.3 is 0 Å². The lowest BCUT2D eigenvalue weighted by Gasteiger charge is -2.11. The second kappa shape index (κ2) is 9.75. The number of benzene rings is 6. The van der Waals surface area contributed by atoms with Gasteiger partial charge in [-0.2, -0.15) is 9.97 Å². The fraction of sp³-hybridized carbons (Fsp3) is 0. The maximum absolute atomic E-state index is 5.10. The van der Waals surface area contributed by atoms with Crippen LogP contribution in [-0.2, 0) is 0 Å². The van der Waals surface area contributed by atoms with Crippen molar-refractivity contribution in [2.75, 3.05) is 0 Å². The highest BCUT2D eigenvalue weighted by Gasteiger charge is 2.20. The normalized spacial score (nSPS) is 11.6. The topological polar surface area (TPSA) is 48.5 Å². The van der Waals surface area contributed by atoms with Gasteiger partial charge in [0.05, 0.1) is 22.1 Å². The Labute approximate surface area is 253 Å². The number of hydrogen-bond donors (Lipinski definition) is 0. The average Bonchev–Trinajstić information content (AvgIpc) is 3.60. The van der Waals surface area contributed by atoms with Crippen molar-refractivity contribution in [1.29, 1.82) is 0 Å². The van der Waals surface area contributed by atoms with Crippen LogP contribution in [0.2, 0.25) is 0 Å². The smallest absolute Gasteiger partial charge is 0.238 e. The van der Waals surface area contributed by atoms with Crippen molar-refractivity contribution in [2.45, 2.75) is 0 Å². The van der Waals surface area contributed by atoms with E-state index >= 15 is 0 Å². The van der Waals surface area contributed by atoms with Gasteiger partial charge in [0.25, 0.3) is 0 Å². The van der Waals surface area contributed by atoms with E-state index in [1.165, 1.54) is 21.8 Å². The molecule has 0 saturated carbocycles. The first-order valence-corrected chi connectivity index (χ1v) is 14.7. The molecule has 9 rings (SSSR count). The van der Waals surface area contributed by atoms with Gasteiger partial charge in [-0.25, -0.2) is 4.98 Å². The quantitative estimate of drug-likeness (QED) is 0.214. The number of rotatable bonds is 4. The molecule has 9 aromatic rings. The first kappa shape index (κ1) is 24.5. The van der Waals surface area contributed by atoms with E-state index in [2.05, 4.69) is 100 Å². The predicted octanol–water partition coefficient (Wildman–Crippen LogP) is 9.40. The van der Waals surface area contributed by atoms with E-state index in [4.69, 9.17) is 15.0 Å². The van der Waals surface area contributed by atoms with Crippen LogP contribution >= 0.6 is 0 Å². The summed E-state index contributed by atoms with van der Waals surface area (Å²) in [5.74, 6) is 1.87. The maximum Gasteiger partial charge on any atom is 0.238 e. The molecule has 0 fully saturated rings. The van der Waals surface area contributed by atoms with Gasteiger partial charge in [0, 0.05) is 38.4 Å². The summed E-state index contributed by atoms with van der Waals surface area (Å²) < 4.78 is 4.56. The van der Waals surface area contributed by atoms with Gasteiger partial charge < -0.3 is 4.57 Å². The van der Waals surface area contributed by atoms with E-state index in [-0.39, 0.29) is 0 Å². The van der Waals surface area contributed by atoms with Crippen LogP contribution in [0, 0.1) is 0 Å². The van der Waals surface area contributed by atoms with Gasteiger partial charge in [-0.05, 0) is 36.4 Å². The van der Waals surface area contributed by atoms with Gasteiger partial charge in [-0.15, -0.1) is 0 Å². The third-order valence-corrected chi connectivity index (χ3v) is 8.37. The number of para-hydroxylation sites is 3. The molecule has 3 aromatic heterocycles. The Morgan fingerprint density at radius 2 is 0.773 bits per heavy atom. The fourth-order valence-electron chi connectivity index (χ4n) is 6.40. The SMILES string of the molecule is c1ccc(-c2nc(-c3ccccc3)nc(-n3c4ccccc4c4cc5c(cc43)c3ccccc3n5-c3ccccc3)n2)cc1. The van der Waals surface area contributed by atoms with Gasteiger partial charge in [0.2, 0.25) is 5.95 Å². The molecule has 44 heavy (non-hydrogen) atoms. The minimum Gasteiger partial charge on any atom is -0.309 e. The second-order valence-corrected chi connectivity index (χ2v) is 10.9. The van der Waals surface area contributed by atoms with Crippen molar-refractivity contribution in [3.63, 3.8) is 0 Å². The predicted molar refractivity (Wildman–Crippen MR) is 179 cm³/mol. The summed E-state index contributed by atoms with van der Waals surface area (Å²) in [7, 11) is 0. The van der Waals surface area contributed by atoms with E-state index < -0.39 is 0 Å². The largest absolute Gasteiger partial charge is 0.309 e. The fourth-order valence-corrected chi connectivity index (χ4v) is 6.40. The molecule has 0 aliphatic carbocycles. The zero-order valence-electron chi connectivity index (χ0n) is 23.7. The van der Waals surface area contributed by atoms with Crippen molar-refractivity contribution >= 4 is 43.6 Å². The van der Waals surface area contributed by atoms with Crippen LogP contribution in [0.1, 0.15) is 0 Å². The highest BCUT2D eigenvalue weighted by molar-refractivity contribution is 6.18. The van der Waals surface area contributed by atoms with Crippen molar-refractivity contribution < 1.29 is 0 Å². The molecule has 3 heterocycles. The van der Waals surface area contributed by atoms with E-state index in [1.54, 1.807) is 0 Å². The summed E-state index contributed by atoms with van der Waals surface area (Å²) in [6, 6.07) is 52.6. The standard InChI is InChI=1S/C39H25N5/c1-4-14-26(15-5-1)37-40-38(27-16-6-2-7-17-27)42-39(41-37)44-34-23-13-11-21-30(34)32-24-35-31(25-36(32)44)29-20-10-12-22-33(29)43(35)28-18-8-3-9-19-28/h1-25H. The zero-order valence-corrected chi connectivity index (χ0v) is 23.7. The summed E-state index contributed by atoms with van der Waals surface area (Å²) in [4.78, 5) is 15.1. The lowest BCUT2D eigenvalue weighted by Crippen LogP contribution is -2.06. The monoisotopic (exact) mass is 563 g/mol. The van der Waals surface area contributed by atoms with Crippen LogP contribution in [0.5, 0.6) is 0 Å². The molecule has 206 valence electrons. The number of aromatic nitrogens is 5. The minimum atomic E-state index is 0.593.